The van der Waals surface area contributed by atoms with Crippen LogP contribution in [0.25, 0.3) is 21.5 Å². The van der Waals surface area contributed by atoms with Crippen LogP contribution in [0.15, 0.2) is 48.5 Å². The molecular formula is C22H24O2. The van der Waals surface area contributed by atoms with Crippen molar-refractivity contribution in [1.82, 2.24) is 0 Å². The van der Waals surface area contributed by atoms with Gasteiger partial charge < -0.3 is 9.47 Å². The predicted octanol–water partition coefficient (Wildman–Crippen LogP) is 5.50. The summed E-state index contributed by atoms with van der Waals surface area (Å²) in [5.74, 6) is 1.01. The van der Waals surface area contributed by atoms with E-state index in [-0.39, 0.29) is 6.10 Å². The highest BCUT2D eigenvalue weighted by Gasteiger charge is 2.24. The third kappa shape index (κ3) is 3.25. The molecule has 0 N–H and O–H groups in total. The molecule has 24 heavy (non-hydrogen) atoms. The highest BCUT2D eigenvalue weighted by atomic mass is 16.6. The number of epoxide rings is 1. The molecule has 0 bridgehead atoms. The summed E-state index contributed by atoms with van der Waals surface area (Å²) in [6.45, 7) is 3.71. The van der Waals surface area contributed by atoms with Crippen molar-refractivity contribution in [2.75, 3.05) is 13.2 Å². The van der Waals surface area contributed by atoms with Gasteiger partial charge in [-0.15, -0.1) is 0 Å². The van der Waals surface area contributed by atoms with Gasteiger partial charge in [-0.05, 0) is 41.3 Å². The topological polar surface area (TPSA) is 21.8 Å². The van der Waals surface area contributed by atoms with Crippen molar-refractivity contribution in [1.29, 1.82) is 0 Å². The molecule has 1 aliphatic heterocycles. The van der Waals surface area contributed by atoms with Crippen LogP contribution in [-0.2, 0) is 11.2 Å². The zero-order valence-corrected chi connectivity index (χ0v) is 14.3. The van der Waals surface area contributed by atoms with Crippen LogP contribution in [-0.4, -0.2) is 19.3 Å². The number of hydrogen-bond donors (Lipinski definition) is 0. The molecule has 2 heteroatoms. The fraction of sp³-hybridized carbons (Fsp3) is 0.364. The van der Waals surface area contributed by atoms with Crippen LogP contribution in [0, 0.1) is 0 Å². The van der Waals surface area contributed by atoms with Crippen LogP contribution >= 0.6 is 0 Å². The Bertz CT molecular complexity index is 849. The van der Waals surface area contributed by atoms with Crippen LogP contribution in [0.3, 0.4) is 0 Å². The van der Waals surface area contributed by atoms with E-state index in [4.69, 9.17) is 9.47 Å². The van der Waals surface area contributed by atoms with Gasteiger partial charge in [0.2, 0.25) is 0 Å². The molecule has 124 valence electrons. The van der Waals surface area contributed by atoms with Crippen molar-refractivity contribution in [2.45, 2.75) is 38.7 Å². The summed E-state index contributed by atoms with van der Waals surface area (Å²) in [6, 6.07) is 17.6. The van der Waals surface area contributed by atoms with Crippen LogP contribution in [0.5, 0.6) is 5.75 Å². The molecule has 2 nitrogen and oxygen atoms in total. The van der Waals surface area contributed by atoms with Crippen LogP contribution in [0.4, 0.5) is 0 Å². The van der Waals surface area contributed by atoms with Crippen LogP contribution in [0.1, 0.15) is 31.7 Å². The van der Waals surface area contributed by atoms with Gasteiger partial charge >= 0.3 is 0 Å². The lowest BCUT2D eigenvalue weighted by molar-refractivity contribution is 0.267. The zero-order valence-electron chi connectivity index (χ0n) is 14.3. The largest absolute Gasteiger partial charge is 0.489 e. The SMILES string of the molecule is CCCCCc1ccc2cc3ccccc3c(OCC3CO3)c2c1. The molecule has 1 saturated heterocycles. The van der Waals surface area contributed by atoms with Gasteiger partial charge in [-0.2, -0.15) is 0 Å². The third-order valence-electron chi connectivity index (χ3n) is 4.76. The zero-order chi connectivity index (χ0) is 16.4. The van der Waals surface area contributed by atoms with Crippen molar-refractivity contribution in [3.8, 4) is 5.75 Å². The first-order valence-electron chi connectivity index (χ1n) is 9.04. The number of benzene rings is 3. The smallest absolute Gasteiger partial charge is 0.135 e. The van der Waals surface area contributed by atoms with Gasteiger partial charge in [-0.3, -0.25) is 0 Å². The van der Waals surface area contributed by atoms with Crippen molar-refractivity contribution >= 4 is 21.5 Å². The second-order valence-electron chi connectivity index (χ2n) is 6.71. The molecule has 0 aliphatic carbocycles. The lowest BCUT2D eigenvalue weighted by Gasteiger charge is -2.13. The van der Waals surface area contributed by atoms with Gasteiger partial charge in [-0.25, -0.2) is 0 Å². The lowest BCUT2D eigenvalue weighted by Crippen LogP contribution is -2.05. The number of aryl methyl sites for hydroxylation is 1. The Hall–Kier alpha value is -2.06. The number of ether oxygens (including phenoxy) is 2. The molecular weight excluding hydrogens is 296 g/mol. The maximum absolute atomic E-state index is 6.21. The summed E-state index contributed by atoms with van der Waals surface area (Å²) in [6.07, 6.45) is 5.21. The first kappa shape index (κ1) is 15.5. The Morgan fingerprint density at radius 3 is 2.67 bits per heavy atom. The minimum absolute atomic E-state index is 0.270. The standard InChI is InChI=1S/C22H24O2/c1-2-3-4-7-16-10-11-18-13-17-8-5-6-9-20(17)22(21(18)12-16)24-15-19-14-23-19/h5-6,8-13,19H,2-4,7,14-15H2,1H3. The van der Waals surface area contributed by atoms with Crippen molar-refractivity contribution < 1.29 is 9.47 Å². The van der Waals surface area contributed by atoms with Gasteiger partial charge in [0.1, 0.15) is 18.5 Å². The summed E-state index contributed by atoms with van der Waals surface area (Å²) < 4.78 is 11.5. The van der Waals surface area contributed by atoms with E-state index in [2.05, 4.69) is 55.5 Å². The predicted molar refractivity (Wildman–Crippen MR) is 99.9 cm³/mol. The van der Waals surface area contributed by atoms with Crippen molar-refractivity contribution in [2.24, 2.45) is 0 Å². The van der Waals surface area contributed by atoms with Gasteiger partial charge in [0.05, 0.1) is 6.61 Å². The molecule has 0 saturated carbocycles. The van der Waals surface area contributed by atoms with Gasteiger partial charge in [0, 0.05) is 10.8 Å². The molecule has 1 atom stereocenters. The lowest BCUT2D eigenvalue weighted by atomic mass is 9.98. The highest BCUT2D eigenvalue weighted by molar-refractivity contribution is 6.05. The first-order valence-corrected chi connectivity index (χ1v) is 9.04. The quantitative estimate of drug-likeness (QED) is 0.325. The average Bonchev–Trinajstić information content (AvgIpc) is 3.43. The second kappa shape index (κ2) is 6.82. The fourth-order valence-corrected chi connectivity index (χ4v) is 3.30. The van der Waals surface area contributed by atoms with E-state index in [1.54, 1.807) is 0 Å². The Labute approximate surface area is 143 Å². The average molecular weight is 320 g/mol. The summed E-state index contributed by atoms with van der Waals surface area (Å²) in [5.41, 5.74) is 1.40. The van der Waals surface area contributed by atoms with Crippen LogP contribution in [0.2, 0.25) is 0 Å². The van der Waals surface area contributed by atoms with Crippen molar-refractivity contribution in [3.05, 3.63) is 54.1 Å². The van der Waals surface area contributed by atoms with Gasteiger partial charge in [0.25, 0.3) is 0 Å². The fourth-order valence-electron chi connectivity index (χ4n) is 3.30. The summed E-state index contributed by atoms with van der Waals surface area (Å²) in [5, 5.41) is 4.90. The number of unbranched alkanes of at least 4 members (excludes halogenated alkanes) is 2. The molecule has 3 aromatic carbocycles. The number of hydrogen-bond acceptors (Lipinski definition) is 2. The minimum Gasteiger partial charge on any atom is -0.489 e. The number of rotatable bonds is 7. The van der Waals surface area contributed by atoms with Gasteiger partial charge in [-0.1, -0.05) is 56.2 Å². The molecule has 3 aromatic rings. The van der Waals surface area contributed by atoms with E-state index in [1.165, 1.54) is 46.4 Å². The Morgan fingerprint density at radius 1 is 1.00 bits per heavy atom. The first-order chi connectivity index (χ1) is 11.8. The van der Waals surface area contributed by atoms with E-state index < -0.39 is 0 Å². The molecule has 1 heterocycles. The molecule has 4 rings (SSSR count). The summed E-state index contributed by atoms with van der Waals surface area (Å²) >= 11 is 0. The Morgan fingerprint density at radius 2 is 1.83 bits per heavy atom. The summed E-state index contributed by atoms with van der Waals surface area (Å²) in [4.78, 5) is 0. The number of fused-ring (bicyclic) bond motifs is 2. The molecule has 1 fully saturated rings. The molecule has 1 aliphatic rings. The van der Waals surface area contributed by atoms with Gasteiger partial charge in [0.15, 0.2) is 0 Å². The van der Waals surface area contributed by atoms with E-state index >= 15 is 0 Å². The minimum atomic E-state index is 0.270. The molecule has 0 radical (unpaired) electrons. The molecule has 0 aromatic heterocycles. The van der Waals surface area contributed by atoms with Crippen molar-refractivity contribution in [3.63, 3.8) is 0 Å². The maximum Gasteiger partial charge on any atom is 0.135 e. The molecule has 0 amide bonds. The Kier molecular flexibility index (Phi) is 4.40. The third-order valence-corrected chi connectivity index (χ3v) is 4.76. The Balaban J connectivity index is 1.77. The normalized spacial score (nSPS) is 16.6. The van der Waals surface area contributed by atoms with E-state index in [1.807, 2.05) is 0 Å². The highest BCUT2D eigenvalue weighted by Crippen LogP contribution is 2.36. The summed E-state index contributed by atoms with van der Waals surface area (Å²) in [7, 11) is 0. The van der Waals surface area contributed by atoms with E-state index in [0.29, 0.717) is 6.61 Å². The molecule has 1 unspecified atom stereocenters. The van der Waals surface area contributed by atoms with E-state index in [0.717, 1.165) is 18.8 Å². The van der Waals surface area contributed by atoms with E-state index in [9.17, 15) is 0 Å². The monoisotopic (exact) mass is 320 g/mol. The second-order valence-corrected chi connectivity index (χ2v) is 6.71. The van der Waals surface area contributed by atoms with Crippen LogP contribution < -0.4 is 4.74 Å². The molecule has 0 spiro atoms. The maximum atomic E-state index is 6.21.